The van der Waals surface area contributed by atoms with Crippen LogP contribution in [0, 0.1) is 0 Å². The lowest BCUT2D eigenvalue weighted by atomic mass is 10.2. The van der Waals surface area contributed by atoms with E-state index in [0.717, 1.165) is 0 Å². The minimum absolute atomic E-state index is 0.0185. The van der Waals surface area contributed by atoms with Crippen molar-refractivity contribution in [3.8, 4) is 0 Å². The third-order valence-corrected chi connectivity index (χ3v) is 2.27. The van der Waals surface area contributed by atoms with E-state index in [-0.39, 0.29) is 5.69 Å². The average molecular weight is 313 g/mol. The van der Waals surface area contributed by atoms with Gasteiger partial charge in [-0.15, -0.1) is 0 Å². The standard InChI is InChI=1S/C9H8BrF3N2O2/c10-5-1-2-6(14-3-5)7(8(16)17)15-4-9(11,12)13/h1-3,7,15H,4H2,(H,16,17). The predicted octanol–water partition coefficient (Wildman–Crippen LogP) is 2.12. The van der Waals surface area contributed by atoms with Crippen molar-refractivity contribution in [1.29, 1.82) is 0 Å². The molecule has 1 unspecified atom stereocenters. The topological polar surface area (TPSA) is 62.2 Å². The van der Waals surface area contributed by atoms with Gasteiger partial charge in [0.25, 0.3) is 0 Å². The van der Waals surface area contributed by atoms with Gasteiger partial charge in [-0.2, -0.15) is 13.2 Å². The average Bonchev–Trinajstić information content (AvgIpc) is 2.18. The summed E-state index contributed by atoms with van der Waals surface area (Å²) in [6.07, 6.45) is -3.15. The second-order valence-electron chi connectivity index (χ2n) is 3.17. The molecule has 8 heteroatoms. The summed E-state index contributed by atoms with van der Waals surface area (Å²) in [5.41, 5.74) is 0.0185. The molecule has 0 aliphatic rings. The molecule has 1 atom stereocenters. The van der Waals surface area contributed by atoms with Gasteiger partial charge in [-0.25, -0.2) is 0 Å². The smallest absolute Gasteiger partial charge is 0.401 e. The van der Waals surface area contributed by atoms with E-state index in [9.17, 15) is 18.0 Å². The first-order chi connectivity index (χ1) is 7.79. The maximum Gasteiger partial charge on any atom is 0.401 e. The number of carbonyl (C=O) groups is 1. The number of aliphatic carboxylic acids is 1. The Hall–Kier alpha value is -1.15. The molecule has 1 heterocycles. The summed E-state index contributed by atoms with van der Waals surface area (Å²) >= 11 is 3.09. The zero-order valence-electron chi connectivity index (χ0n) is 8.33. The van der Waals surface area contributed by atoms with Gasteiger partial charge in [0.1, 0.15) is 6.04 Å². The SMILES string of the molecule is O=C(O)C(NCC(F)(F)F)c1ccc(Br)cn1. The lowest BCUT2D eigenvalue weighted by Gasteiger charge is -2.15. The Bertz CT molecular complexity index is 394. The molecule has 4 nitrogen and oxygen atoms in total. The maximum absolute atomic E-state index is 12.0. The number of carboxylic acid groups (broad SMARTS) is 1. The van der Waals surface area contributed by atoms with Crippen LogP contribution >= 0.6 is 15.9 Å². The Morgan fingerprint density at radius 3 is 2.59 bits per heavy atom. The highest BCUT2D eigenvalue weighted by molar-refractivity contribution is 9.10. The predicted molar refractivity (Wildman–Crippen MR) is 56.4 cm³/mol. The molecule has 1 aromatic heterocycles. The van der Waals surface area contributed by atoms with E-state index in [1.54, 1.807) is 0 Å². The highest BCUT2D eigenvalue weighted by Crippen LogP contribution is 2.17. The van der Waals surface area contributed by atoms with Gasteiger partial charge >= 0.3 is 12.1 Å². The van der Waals surface area contributed by atoms with Crippen molar-refractivity contribution in [1.82, 2.24) is 10.3 Å². The highest BCUT2D eigenvalue weighted by Gasteiger charge is 2.31. The van der Waals surface area contributed by atoms with E-state index in [1.807, 2.05) is 5.32 Å². The Labute approximate surface area is 103 Å². The normalized spacial score (nSPS) is 13.4. The first kappa shape index (κ1) is 13.9. The second-order valence-corrected chi connectivity index (χ2v) is 4.08. The molecule has 0 amide bonds. The van der Waals surface area contributed by atoms with E-state index in [0.29, 0.717) is 4.47 Å². The fourth-order valence-corrected chi connectivity index (χ4v) is 1.33. The van der Waals surface area contributed by atoms with Crippen LogP contribution in [-0.2, 0) is 4.79 Å². The molecule has 0 aromatic carbocycles. The summed E-state index contributed by atoms with van der Waals surface area (Å²) < 4.78 is 36.5. The number of halogens is 4. The minimum atomic E-state index is -4.47. The number of alkyl halides is 3. The Kier molecular flexibility index (Phi) is 4.47. The molecule has 0 saturated carbocycles. The summed E-state index contributed by atoms with van der Waals surface area (Å²) in [6.45, 7) is -1.39. The zero-order valence-corrected chi connectivity index (χ0v) is 9.92. The van der Waals surface area contributed by atoms with Crippen LogP contribution in [0.2, 0.25) is 0 Å². The number of rotatable bonds is 4. The maximum atomic E-state index is 12.0. The van der Waals surface area contributed by atoms with Gasteiger partial charge in [-0.1, -0.05) is 0 Å². The number of nitrogens with one attached hydrogen (secondary N) is 1. The molecule has 2 N–H and O–H groups in total. The zero-order chi connectivity index (χ0) is 13.1. The van der Waals surface area contributed by atoms with Gasteiger partial charge in [-0.3, -0.25) is 15.1 Å². The molecule has 0 aliphatic heterocycles. The molecule has 0 bridgehead atoms. The molecule has 0 radical (unpaired) electrons. The molecule has 17 heavy (non-hydrogen) atoms. The summed E-state index contributed by atoms with van der Waals surface area (Å²) in [6, 6.07) is 1.37. The largest absolute Gasteiger partial charge is 0.480 e. The van der Waals surface area contributed by atoms with Crippen molar-refractivity contribution in [3.05, 3.63) is 28.5 Å². The van der Waals surface area contributed by atoms with Gasteiger partial charge in [0.15, 0.2) is 0 Å². The third-order valence-electron chi connectivity index (χ3n) is 1.80. The van der Waals surface area contributed by atoms with Crippen molar-refractivity contribution in [3.63, 3.8) is 0 Å². The molecule has 94 valence electrons. The third kappa shape index (κ3) is 4.70. The Morgan fingerprint density at radius 1 is 1.53 bits per heavy atom. The molecule has 0 fully saturated rings. The van der Waals surface area contributed by atoms with Crippen LogP contribution in [-0.4, -0.2) is 28.8 Å². The number of aromatic nitrogens is 1. The van der Waals surface area contributed by atoms with Crippen LogP contribution in [0.1, 0.15) is 11.7 Å². The van der Waals surface area contributed by atoms with Crippen molar-refractivity contribution in [2.24, 2.45) is 0 Å². The van der Waals surface area contributed by atoms with E-state index in [1.165, 1.54) is 18.3 Å². The summed E-state index contributed by atoms with van der Waals surface area (Å²) in [7, 11) is 0. The van der Waals surface area contributed by atoms with Gasteiger partial charge < -0.3 is 5.11 Å². The fraction of sp³-hybridized carbons (Fsp3) is 0.333. The minimum Gasteiger partial charge on any atom is -0.480 e. The van der Waals surface area contributed by atoms with Gasteiger partial charge in [0, 0.05) is 10.7 Å². The van der Waals surface area contributed by atoms with Gasteiger partial charge in [0.05, 0.1) is 12.2 Å². The molecule has 1 aromatic rings. The fourth-order valence-electron chi connectivity index (χ4n) is 1.09. The van der Waals surface area contributed by atoms with Crippen molar-refractivity contribution < 1.29 is 23.1 Å². The van der Waals surface area contributed by atoms with Crippen molar-refractivity contribution in [2.45, 2.75) is 12.2 Å². The first-order valence-corrected chi connectivity index (χ1v) is 5.23. The summed E-state index contributed by atoms with van der Waals surface area (Å²) in [5, 5.41) is 10.7. The van der Waals surface area contributed by atoms with Crippen LogP contribution in [0.25, 0.3) is 0 Å². The van der Waals surface area contributed by atoms with Crippen LogP contribution in [0.4, 0.5) is 13.2 Å². The van der Waals surface area contributed by atoms with E-state index < -0.39 is 24.7 Å². The summed E-state index contributed by atoms with van der Waals surface area (Å²) in [4.78, 5) is 14.6. The summed E-state index contributed by atoms with van der Waals surface area (Å²) in [5.74, 6) is -1.41. The van der Waals surface area contributed by atoms with E-state index in [2.05, 4.69) is 20.9 Å². The highest BCUT2D eigenvalue weighted by atomic mass is 79.9. The Morgan fingerprint density at radius 2 is 2.18 bits per heavy atom. The number of nitrogens with zero attached hydrogens (tertiary/aromatic N) is 1. The number of hydrogen-bond donors (Lipinski definition) is 2. The van der Waals surface area contributed by atoms with Gasteiger partial charge in [-0.05, 0) is 28.1 Å². The monoisotopic (exact) mass is 312 g/mol. The van der Waals surface area contributed by atoms with Crippen molar-refractivity contribution in [2.75, 3.05) is 6.54 Å². The van der Waals surface area contributed by atoms with Crippen LogP contribution in [0.3, 0.4) is 0 Å². The van der Waals surface area contributed by atoms with E-state index in [4.69, 9.17) is 5.11 Å². The quantitative estimate of drug-likeness (QED) is 0.894. The first-order valence-electron chi connectivity index (χ1n) is 4.44. The number of pyridine rings is 1. The molecule has 0 aliphatic carbocycles. The lowest BCUT2D eigenvalue weighted by molar-refractivity contribution is -0.143. The van der Waals surface area contributed by atoms with Crippen LogP contribution in [0.15, 0.2) is 22.8 Å². The second kappa shape index (κ2) is 5.46. The Balaban J connectivity index is 2.79. The van der Waals surface area contributed by atoms with Crippen LogP contribution in [0.5, 0.6) is 0 Å². The molecule has 0 saturated heterocycles. The molecule has 1 rings (SSSR count). The lowest BCUT2D eigenvalue weighted by Crippen LogP contribution is -2.36. The molecule has 0 spiro atoms. The van der Waals surface area contributed by atoms with E-state index >= 15 is 0 Å². The molecular weight excluding hydrogens is 305 g/mol. The van der Waals surface area contributed by atoms with Crippen LogP contribution < -0.4 is 5.32 Å². The molecular formula is C9H8BrF3N2O2. The van der Waals surface area contributed by atoms with Gasteiger partial charge in [0.2, 0.25) is 0 Å². The van der Waals surface area contributed by atoms with Crippen molar-refractivity contribution >= 4 is 21.9 Å². The number of carboxylic acids is 1. The number of hydrogen-bond acceptors (Lipinski definition) is 3.